The zero-order valence-corrected chi connectivity index (χ0v) is 16.0. The van der Waals surface area contributed by atoms with E-state index in [0.717, 1.165) is 24.3 Å². The van der Waals surface area contributed by atoms with Crippen LogP contribution in [0.15, 0.2) is 42.5 Å². The highest BCUT2D eigenvalue weighted by Gasteiger charge is 2.37. The monoisotopic (exact) mass is 426 g/mol. The van der Waals surface area contributed by atoms with E-state index in [2.05, 4.69) is 0 Å². The molecule has 1 aliphatic heterocycles. The first-order valence-electron chi connectivity index (χ1n) is 9.30. The molecule has 1 aliphatic rings. The fourth-order valence-corrected chi connectivity index (χ4v) is 3.50. The van der Waals surface area contributed by atoms with Crippen LogP contribution in [0.4, 0.5) is 27.6 Å². The quantitative estimate of drug-likeness (QED) is 0.666. The van der Waals surface area contributed by atoms with Crippen LogP contribution in [0.5, 0.6) is 0 Å². The summed E-state index contributed by atoms with van der Waals surface area (Å²) in [6.45, 7) is 1.83. The largest absolute Gasteiger partial charge is 0.416 e. The lowest BCUT2D eigenvalue weighted by Crippen LogP contribution is -2.37. The van der Waals surface area contributed by atoms with Gasteiger partial charge in [-0.3, -0.25) is 9.59 Å². The first kappa shape index (κ1) is 21.7. The van der Waals surface area contributed by atoms with Crippen molar-refractivity contribution in [3.63, 3.8) is 0 Å². The molecule has 3 rings (SSSR count). The summed E-state index contributed by atoms with van der Waals surface area (Å²) in [5, 5.41) is 0. The van der Waals surface area contributed by atoms with Crippen molar-refractivity contribution in [2.24, 2.45) is 5.92 Å². The number of hydrogen-bond donors (Lipinski definition) is 0. The molecule has 1 heterocycles. The summed E-state index contributed by atoms with van der Waals surface area (Å²) in [6, 6.07) is 7.77. The van der Waals surface area contributed by atoms with E-state index in [-0.39, 0.29) is 37.6 Å². The van der Waals surface area contributed by atoms with Crippen molar-refractivity contribution in [2.45, 2.75) is 26.1 Å². The Balaban J connectivity index is 1.73. The van der Waals surface area contributed by atoms with E-state index in [1.807, 2.05) is 0 Å². The molecular formula is C21H19F5N2O2. The van der Waals surface area contributed by atoms with Crippen molar-refractivity contribution >= 4 is 17.5 Å². The predicted octanol–water partition coefficient (Wildman–Crippen LogP) is 4.39. The van der Waals surface area contributed by atoms with Gasteiger partial charge in [0.1, 0.15) is 0 Å². The van der Waals surface area contributed by atoms with Crippen LogP contribution in [0.25, 0.3) is 0 Å². The average molecular weight is 426 g/mol. The maximum atomic E-state index is 13.5. The van der Waals surface area contributed by atoms with E-state index in [0.29, 0.717) is 5.56 Å². The van der Waals surface area contributed by atoms with Gasteiger partial charge in [0.25, 0.3) is 0 Å². The van der Waals surface area contributed by atoms with Crippen LogP contribution in [-0.4, -0.2) is 29.8 Å². The van der Waals surface area contributed by atoms with Crippen LogP contribution in [-0.2, 0) is 22.3 Å². The fourth-order valence-electron chi connectivity index (χ4n) is 3.50. The van der Waals surface area contributed by atoms with Crippen molar-refractivity contribution in [1.29, 1.82) is 0 Å². The number of carbonyl (C=O) groups is 2. The second kappa shape index (κ2) is 8.41. The molecule has 1 fully saturated rings. The molecule has 2 aromatic rings. The summed E-state index contributed by atoms with van der Waals surface area (Å²) in [7, 11) is 0. The number of hydrogen-bond acceptors (Lipinski definition) is 2. The molecular weight excluding hydrogens is 407 g/mol. The molecule has 1 saturated heterocycles. The minimum Gasteiger partial charge on any atom is -0.338 e. The molecule has 1 unspecified atom stereocenters. The summed E-state index contributed by atoms with van der Waals surface area (Å²) < 4.78 is 65.4. The minimum atomic E-state index is -4.49. The molecule has 30 heavy (non-hydrogen) atoms. The van der Waals surface area contributed by atoms with Gasteiger partial charge in [0.2, 0.25) is 11.8 Å². The summed E-state index contributed by atoms with van der Waals surface area (Å²) in [5.41, 5.74) is -0.334. The summed E-state index contributed by atoms with van der Waals surface area (Å²) in [6.07, 6.45) is -4.59. The Hall–Kier alpha value is -2.97. The Morgan fingerprint density at radius 2 is 1.87 bits per heavy atom. The number of rotatable bonds is 5. The zero-order valence-electron chi connectivity index (χ0n) is 16.0. The van der Waals surface area contributed by atoms with E-state index in [4.69, 9.17) is 0 Å². The number of halogens is 5. The second-order valence-corrected chi connectivity index (χ2v) is 7.05. The van der Waals surface area contributed by atoms with Crippen molar-refractivity contribution in [3.05, 3.63) is 65.2 Å². The van der Waals surface area contributed by atoms with Gasteiger partial charge in [-0.05, 0) is 36.8 Å². The number of benzene rings is 2. The van der Waals surface area contributed by atoms with E-state index < -0.39 is 35.2 Å². The summed E-state index contributed by atoms with van der Waals surface area (Å²) >= 11 is 0. The number of nitrogens with zero attached hydrogens (tertiary/aromatic N) is 2. The Morgan fingerprint density at radius 1 is 1.13 bits per heavy atom. The zero-order chi connectivity index (χ0) is 22.1. The topological polar surface area (TPSA) is 40.6 Å². The number of likely N-dealkylation sites (tertiary alicyclic amines) is 1. The second-order valence-electron chi connectivity index (χ2n) is 7.05. The molecule has 0 radical (unpaired) electrons. The fraction of sp³-hybridized carbons (Fsp3) is 0.333. The van der Waals surface area contributed by atoms with Gasteiger partial charge in [0, 0.05) is 37.8 Å². The third-order valence-electron chi connectivity index (χ3n) is 4.99. The van der Waals surface area contributed by atoms with Crippen LogP contribution < -0.4 is 4.90 Å². The first-order chi connectivity index (χ1) is 14.1. The molecule has 0 N–H and O–H groups in total. The molecule has 0 aliphatic carbocycles. The average Bonchev–Trinajstić information content (AvgIpc) is 3.05. The number of carbonyl (C=O) groups excluding carboxylic acids is 2. The Morgan fingerprint density at radius 3 is 2.50 bits per heavy atom. The lowest BCUT2D eigenvalue weighted by Gasteiger charge is -2.24. The number of amides is 2. The Kier molecular flexibility index (Phi) is 6.09. The molecule has 160 valence electrons. The number of anilines is 1. The number of alkyl halides is 3. The van der Waals surface area contributed by atoms with Crippen LogP contribution in [0.2, 0.25) is 0 Å². The van der Waals surface area contributed by atoms with E-state index in [9.17, 15) is 31.5 Å². The standard InChI is InChI=1S/C21H19F5N2O2/c1-2-28(16-6-7-17(22)18(23)10-16)20(30)14-9-19(29)27(12-14)11-13-4-3-5-15(8-13)21(24,25)26/h3-8,10,14H,2,9,11-12H2,1H3. The highest BCUT2D eigenvalue weighted by molar-refractivity contribution is 5.99. The Bertz CT molecular complexity index is 961. The van der Waals surface area contributed by atoms with E-state index in [1.165, 1.54) is 28.0 Å². The van der Waals surface area contributed by atoms with Crippen molar-refractivity contribution in [2.75, 3.05) is 18.0 Å². The summed E-state index contributed by atoms with van der Waals surface area (Å²) in [4.78, 5) is 27.8. The molecule has 0 spiro atoms. The molecule has 2 aromatic carbocycles. The third-order valence-corrected chi connectivity index (χ3v) is 4.99. The molecule has 0 saturated carbocycles. The van der Waals surface area contributed by atoms with Gasteiger partial charge in [-0.1, -0.05) is 12.1 Å². The lowest BCUT2D eigenvalue weighted by atomic mass is 10.1. The predicted molar refractivity (Wildman–Crippen MR) is 99.4 cm³/mol. The smallest absolute Gasteiger partial charge is 0.338 e. The van der Waals surface area contributed by atoms with E-state index >= 15 is 0 Å². The van der Waals surface area contributed by atoms with Gasteiger partial charge in [-0.25, -0.2) is 8.78 Å². The van der Waals surface area contributed by atoms with Crippen LogP contribution in [0.1, 0.15) is 24.5 Å². The maximum absolute atomic E-state index is 13.5. The highest BCUT2D eigenvalue weighted by Crippen LogP contribution is 2.31. The van der Waals surface area contributed by atoms with Crippen LogP contribution >= 0.6 is 0 Å². The van der Waals surface area contributed by atoms with Crippen molar-refractivity contribution in [1.82, 2.24) is 4.90 Å². The third kappa shape index (κ3) is 4.60. The molecule has 2 amide bonds. The maximum Gasteiger partial charge on any atom is 0.416 e. The molecule has 9 heteroatoms. The van der Waals surface area contributed by atoms with Gasteiger partial charge in [-0.15, -0.1) is 0 Å². The molecule has 1 atom stereocenters. The molecule has 0 bridgehead atoms. The van der Waals surface area contributed by atoms with Crippen LogP contribution in [0, 0.1) is 17.6 Å². The highest BCUT2D eigenvalue weighted by atomic mass is 19.4. The van der Waals surface area contributed by atoms with Gasteiger partial charge in [-0.2, -0.15) is 13.2 Å². The summed E-state index contributed by atoms with van der Waals surface area (Å²) in [5.74, 6) is -3.63. The van der Waals surface area contributed by atoms with Crippen molar-refractivity contribution < 1.29 is 31.5 Å². The van der Waals surface area contributed by atoms with Gasteiger partial charge >= 0.3 is 6.18 Å². The normalized spacial score (nSPS) is 16.8. The lowest BCUT2D eigenvalue weighted by molar-refractivity contribution is -0.137. The van der Waals surface area contributed by atoms with Crippen LogP contribution in [0.3, 0.4) is 0 Å². The van der Waals surface area contributed by atoms with Gasteiger partial charge in [0.15, 0.2) is 11.6 Å². The molecule has 4 nitrogen and oxygen atoms in total. The van der Waals surface area contributed by atoms with Gasteiger partial charge in [0.05, 0.1) is 11.5 Å². The molecule has 0 aromatic heterocycles. The minimum absolute atomic E-state index is 0.0358. The Labute approximate surface area is 169 Å². The van der Waals surface area contributed by atoms with Gasteiger partial charge < -0.3 is 9.80 Å². The first-order valence-corrected chi connectivity index (χ1v) is 9.30. The van der Waals surface area contributed by atoms with Crippen molar-refractivity contribution in [3.8, 4) is 0 Å². The SMILES string of the molecule is CCN(C(=O)C1CC(=O)N(Cc2cccc(C(F)(F)F)c2)C1)c1ccc(F)c(F)c1. The van der Waals surface area contributed by atoms with E-state index in [1.54, 1.807) is 6.92 Å².